The fraction of sp³-hybridized carbons (Fsp3) is 0.250. The van der Waals surface area contributed by atoms with Crippen LogP contribution in [0.5, 0.6) is 0 Å². The standard InChI is InChI=1S/C16H18N4O/c1-10-4-3-5-13(18-10)9-17-11(2)12-6-7-14-15(8-12)20-16(21)19-14/h3-8,11,17H,9H2,1-2H3,(H2,19,20,21). The Morgan fingerprint density at radius 3 is 2.81 bits per heavy atom. The number of rotatable bonds is 4. The number of benzene rings is 1. The van der Waals surface area contributed by atoms with E-state index >= 15 is 0 Å². The van der Waals surface area contributed by atoms with Crippen molar-refractivity contribution in [2.75, 3.05) is 0 Å². The smallest absolute Gasteiger partial charge is 0.306 e. The molecular formula is C16H18N4O. The van der Waals surface area contributed by atoms with Gasteiger partial charge in [-0.2, -0.15) is 0 Å². The lowest BCUT2D eigenvalue weighted by molar-refractivity contribution is 0.567. The molecule has 0 amide bonds. The van der Waals surface area contributed by atoms with E-state index in [0.29, 0.717) is 6.54 Å². The van der Waals surface area contributed by atoms with Crippen LogP contribution in [0.1, 0.15) is 29.9 Å². The molecule has 1 aromatic carbocycles. The highest BCUT2D eigenvalue weighted by molar-refractivity contribution is 5.75. The van der Waals surface area contributed by atoms with Gasteiger partial charge < -0.3 is 15.3 Å². The van der Waals surface area contributed by atoms with Gasteiger partial charge in [-0.15, -0.1) is 0 Å². The van der Waals surface area contributed by atoms with Crippen LogP contribution in [0.15, 0.2) is 41.2 Å². The molecule has 0 bridgehead atoms. The third-order valence-electron chi connectivity index (χ3n) is 3.58. The molecule has 5 nitrogen and oxygen atoms in total. The minimum Gasteiger partial charge on any atom is -0.306 e. The van der Waals surface area contributed by atoms with Gasteiger partial charge in [-0.25, -0.2) is 4.79 Å². The number of aromatic amines is 2. The molecule has 2 aromatic heterocycles. The number of H-pyrrole nitrogens is 2. The molecule has 108 valence electrons. The van der Waals surface area contributed by atoms with Gasteiger partial charge in [-0.3, -0.25) is 4.98 Å². The molecule has 0 aliphatic rings. The second-order valence-corrected chi connectivity index (χ2v) is 5.26. The fourth-order valence-electron chi connectivity index (χ4n) is 2.39. The van der Waals surface area contributed by atoms with Crippen molar-refractivity contribution in [3.8, 4) is 0 Å². The van der Waals surface area contributed by atoms with E-state index in [1.54, 1.807) is 0 Å². The maximum atomic E-state index is 11.3. The second-order valence-electron chi connectivity index (χ2n) is 5.26. The number of nitrogens with zero attached hydrogens (tertiary/aromatic N) is 1. The largest absolute Gasteiger partial charge is 0.323 e. The van der Waals surface area contributed by atoms with Crippen LogP contribution in [0.3, 0.4) is 0 Å². The van der Waals surface area contributed by atoms with Gasteiger partial charge >= 0.3 is 5.69 Å². The number of imidazole rings is 1. The molecule has 2 heterocycles. The van der Waals surface area contributed by atoms with Crippen molar-refractivity contribution in [1.29, 1.82) is 0 Å². The van der Waals surface area contributed by atoms with Crippen LogP contribution in [0, 0.1) is 6.92 Å². The van der Waals surface area contributed by atoms with Crippen LogP contribution in [-0.4, -0.2) is 15.0 Å². The zero-order chi connectivity index (χ0) is 14.8. The van der Waals surface area contributed by atoms with E-state index in [1.807, 2.05) is 43.3 Å². The zero-order valence-electron chi connectivity index (χ0n) is 12.1. The summed E-state index contributed by atoms with van der Waals surface area (Å²) in [5.41, 5.74) is 4.67. The highest BCUT2D eigenvalue weighted by atomic mass is 16.1. The third kappa shape index (κ3) is 3.03. The van der Waals surface area contributed by atoms with Gasteiger partial charge in [-0.1, -0.05) is 12.1 Å². The average Bonchev–Trinajstić information content (AvgIpc) is 2.84. The first-order chi connectivity index (χ1) is 10.1. The van der Waals surface area contributed by atoms with Crippen LogP contribution in [-0.2, 0) is 6.54 Å². The Hall–Kier alpha value is -2.40. The van der Waals surface area contributed by atoms with E-state index in [9.17, 15) is 4.79 Å². The van der Waals surface area contributed by atoms with Crippen molar-refractivity contribution >= 4 is 11.0 Å². The summed E-state index contributed by atoms with van der Waals surface area (Å²) >= 11 is 0. The number of pyridine rings is 1. The summed E-state index contributed by atoms with van der Waals surface area (Å²) in [6.07, 6.45) is 0. The van der Waals surface area contributed by atoms with Crippen molar-refractivity contribution < 1.29 is 0 Å². The summed E-state index contributed by atoms with van der Waals surface area (Å²) in [6, 6.07) is 12.1. The number of aromatic nitrogens is 3. The van der Waals surface area contributed by atoms with Gasteiger partial charge in [0.15, 0.2) is 0 Å². The van der Waals surface area contributed by atoms with Crippen LogP contribution >= 0.6 is 0 Å². The molecule has 0 aliphatic carbocycles. The molecule has 1 unspecified atom stereocenters. The average molecular weight is 282 g/mol. The number of nitrogens with one attached hydrogen (secondary N) is 3. The molecule has 0 spiro atoms. The maximum absolute atomic E-state index is 11.3. The van der Waals surface area contributed by atoms with Crippen LogP contribution in [0.2, 0.25) is 0 Å². The van der Waals surface area contributed by atoms with E-state index in [2.05, 4.69) is 27.2 Å². The van der Waals surface area contributed by atoms with Gasteiger partial charge in [-0.05, 0) is 43.7 Å². The number of hydrogen-bond acceptors (Lipinski definition) is 3. The Labute approximate surface area is 122 Å². The Balaban J connectivity index is 1.74. The van der Waals surface area contributed by atoms with Crippen LogP contribution in [0.4, 0.5) is 0 Å². The summed E-state index contributed by atoms with van der Waals surface area (Å²) in [5.74, 6) is 0. The van der Waals surface area contributed by atoms with E-state index in [4.69, 9.17) is 0 Å². The predicted molar refractivity (Wildman–Crippen MR) is 83.1 cm³/mol. The number of aryl methyl sites for hydroxylation is 1. The van der Waals surface area contributed by atoms with Crippen LogP contribution in [0.25, 0.3) is 11.0 Å². The molecule has 5 heteroatoms. The Bertz CT molecular complexity index is 818. The number of fused-ring (bicyclic) bond motifs is 1. The molecular weight excluding hydrogens is 264 g/mol. The lowest BCUT2D eigenvalue weighted by Crippen LogP contribution is -2.18. The van der Waals surface area contributed by atoms with Gasteiger partial charge in [0.05, 0.1) is 16.7 Å². The SMILES string of the molecule is Cc1cccc(CNC(C)c2ccc3[nH]c(=O)[nH]c3c2)n1. The Morgan fingerprint density at radius 2 is 2.00 bits per heavy atom. The third-order valence-corrected chi connectivity index (χ3v) is 3.58. The van der Waals surface area contributed by atoms with Crippen LogP contribution < -0.4 is 11.0 Å². The molecule has 3 aromatic rings. The summed E-state index contributed by atoms with van der Waals surface area (Å²) in [4.78, 5) is 21.3. The topological polar surface area (TPSA) is 73.6 Å². The molecule has 0 radical (unpaired) electrons. The first kappa shape index (κ1) is 13.6. The Morgan fingerprint density at radius 1 is 1.19 bits per heavy atom. The van der Waals surface area contributed by atoms with Gasteiger partial charge in [0.25, 0.3) is 0 Å². The molecule has 0 saturated carbocycles. The van der Waals surface area contributed by atoms with E-state index in [0.717, 1.165) is 28.0 Å². The monoisotopic (exact) mass is 282 g/mol. The first-order valence-corrected chi connectivity index (χ1v) is 7.00. The van der Waals surface area contributed by atoms with Gasteiger partial charge in [0, 0.05) is 18.3 Å². The lowest BCUT2D eigenvalue weighted by Gasteiger charge is -2.14. The Kier molecular flexibility index (Phi) is 3.58. The minimum absolute atomic E-state index is 0.174. The van der Waals surface area contributed by atoms with Crippen molar-refractivity contribution in [1.82, 2.24) is 20.3 Å². The summed E-state index contributed by atoms with van der Waals surface area (Å²) in [5, 5.41) is 3.45. The first-order valence-electron chi connectivity index (χ1n) is 7.00. The van der Waals surface area contributed by atoms with Crippen molar-refractivity contribution in [2.24, 2.45) is 0 Å². The van der Waals surface area contributed by atoms with Crippen molar-refractivity contribution in [2.45, 2.75) is 26.4 Å². The fourth-order valence-corrected chi connectivity index (χ4v) is 2.39. The molecule has 0 fully saturated rings. The molecule has 0 saturated heterocycles. The van der Waals surface area contributed by atoms with Gasteiger partial charge in [0.2, 0.25) is 0 Å². The highest BCUT2D eigenvalue weighted by Crippen LogP contribution is 2.17. The quantitative estimate of drug-likeness (QED) is 0.688. The van der Waals surface area contributed by atoms with E-state index < -0.39 is 0 Å². The van der Waals surface area contributed by atoms with E-state index in [1.165, 1.54) is 0 Å². The van der Waals surface area contributed by atoms with Gasteiger partial charge in [0.1, 0.15) is 0 Å². The molecule has 1 atom stereocenters. The van der Waals surface area contributed by atoms with Crippen molar-refractivity contribution in [3.05, 3.63) is 63.8 Å². The molecule has 21 heavy (non-hydrogen) atoms. The zero-order valence-corrected chi connectivity index (χ0v) is 12.1. The molecule has 0 aliphatic heterocycles. The molecule has 3 rings (SSSR count). The maximum Gasteiger partial charge on any atom is 0.323 e. The summed E-state index contributed by atoms with van der Waals surface area (Å²) in [6.45, 7) is 4.80. The van der Waals surface area contributed by atoms with E-state index in [-0.39, 0.29) is 11.7 Å². The van der Waals surface area contributed by atoms with Crippen molar-refractivity contribution in [3.63, 3.8) is 0 Å². The highest BCUT2D eigenvalue weighted by Gasteiger charge is 2.07. The second kappa shape index (κ2) is 5.54. The lowest BCUT2D eigenvalue weighted by atomic mass is 10.1. The predicted octanol–water partition coefficient (Wildman–Crippen LogP) is 2.41. The minimum atomic E-state index is -0.174. The summed E-state index contributed by atoms with van der Waals surface area (Å²) in [7, 11) is 0. The normalized spacial score (nSPS) is 12.7. The molecule has 3 N–H and O–H groups in total. The number of hydrogen-bond donors (Lipinski definition) is 3. The summed E-state index contributed by atoms with van der Waals surface area (Å²) < 4.78 is 0.